The quantitative estimate of drug-likeness (QED) is 0.531. The molecule has 0 fully saturated rings. The smallest absolute Gasteiger partial charge is 0.491 e. The molecule has 1 heterocycles. The van der Waals surface area contributed by atoms with Crippen molar-refractivity contribution in [2.24, 2.45) is 0 Å². The van der Waals surface area contributed by atoms with Gasteiger partial charge in [0.1, 0.15) is 5.75 Å². The third-order valence-electron chi connectivity index (χ3n) is 3.63. The number of methoxy groups -OCH3 is 1. The normalized spacial score (nSPS) is 13.5. The molecule has 2 aromatic rings. The van der Waals surface area contributed by atoms with Crippen molar-refractivity contribution in [1.82, 2.24) is 0 Å². The van der Waals surface area contributed by atoms with Crippen molar-refractivity contribution in [3.8, 4) is 5.75 Å². The second-order valence-corrected chi connectivity index (χ2v) is 5.05. The van der Waals surface area contributed by atoms with Crippen LogP contribution >= 0.6 is 0 Å². The van der Waals surface area contributed by atoms with Gasteiger partial charge < -0.3 is 14.4 Å². The van der Waals surface area contributed by atoms with Crippen molar-refractivity contribution in [3.05, 3.63) is 65.2 Å². The summed E-state index contributed by atoms with van der Waals surface area (Å²) in [7, 11) is 0.712. The maximum absolute atomic E-state index is 12.1. The first-order valence-electron chi connectivity index (χ1n) is 6.96. The molecule has 0 amide bonds. The summed E-state index contributed by atoms with van der Waals surface area (Å²) in [5.74, 6) is 0.632. The first kappa shape index (κ1) is 14.6. The van der Waals surface area contributed by atoms with E-state index in [0.717, 1.165) is 16.6 Å². The Bertz CT molecular complexity index is 722. The number of hydrogen-bond acceptors (Lipinski definition) is 4. The molecule has 0 atom stereocenters. The van der Waals surface area contributed by atoms with E-state index in [-0.39, 0.29) is 5.78 Å². The van der Waals surface area contributed by atoms with Crippen LogP contribution in [-0.4, -0.2) is 25.0 Å². The monoisotopic (exact) mass is 294 g/mol. The highest BCUT2D eigenvalue weighted by Gasteiger charge is 2.26. The Kier molecular flexibility index (Phi) is 4.09. The van der Waals surface area contributed by atoms with E-state index in [1.165, 1.54) is 6.08 Å². The average molecular weight is 294 g/mol. The van der Waals surface area contributed by atoms with Gasteiger partial charge in [-0.15, -0.1) is 0 Å². The molecule has 0 saturated heterocycles. The minimum Gasteiger partial charge on any atom is -0.497 e. The van der Waals surface area contributed by atoms with Crippen molar-refractivity contribution in [3.63, 3.8) is 0 Å². The predicted molar refractivity (Wildman–Crippen MR) is 85.2 cm³/mol. The van der Waals surface area contributed by atoms with Gasteiger partial charge in [-0.2, -0.15) is 0 Å². The number of carbonyl (C=O) groups excluding carboxylic acids is 1. The number of allylic oxidation sites excluding steroid dienone is 1. The lowest BCUT2D eigenvalue weighted by atomic mass is 9.79. The van der Waals surface area contributed by atoms with Crippen molar-refractivity contribution in [2.45, 2.75) is 6.61 Å². The standard InChI is InChI=1S/C17H15BO4/c1-21-15-7-5-13(6-8-15)17(19)9-3-12-2-4-14-11-22-18(20)16(14)10-12/h2-10,20H,11H2,1H3/b9-3+. The molecule has 0 unspecified atom stereocenters. The van der Waals surface area contributed by atoms with Gasteiger partial charge in [0.25, 0.3) is 0 Å². The highest BCUT2D eigenvalue weighted by molar-refractivity contribution is 6.61. The maximum atomic E-state index is 12.1. The summed E-state index contributed by atoms with van der Waals surface area (Å²) in [6, 6.07) is 12.6. The van der Waals surface area contributed by atoms with E-state index < -0.39 is 7.12 Å². The molecular formula is C17H15BO4. The summed E-state index contributed by atoms with van der Waals surface area (Å²) in [5, 5.41) is 9.69. The lowest BCUT2D eigenvalue weighted by Gasteiger charge is -2.01. The molecule has 5 heteroatoms. The van der Waals surface area contributed by atoms with E-state index in [1.807, 2.05) is 18.2 Å². The molecule has 4 nitrogen and oxygen atoms in total. The molecule has 0 saturated carbocycles. The number of ether oxygens (including phenoxy) is 1. The summed E-state index contributed by atoms with van der Waals surface area (Å²) in [6.45, 7) is 0.422. The van der Waals surface area contributed by atoms with Crippen LogP contribution in [0.25, 0.3) is 6.08 Å². The molecule has 1 N–H and O–H groups in total. The number of ketones is 1. The zero-order valence-electron chi connectivity index (χ0n) is 12.2. The van der Waals surface area contributed by atoms with Gasteiger partial charge in [-0.05, 0) is 46.9 Å². The number of hydrogen-bond donors (Lipinski definition) is 1. The van der Waals surface area contributed by atoms with Gasteiger partial charge in [0, 0.05) is 5.56 Å². The molecule has 1 aliphatic heterocycles. The minimum absolute atomic E-state index is 0.0834. The molecule has 0 radical (unpaired) electrons. The number of rotatable bonds is 4. The van der Waals surface area contributed by atoms with Crippen molar-refractivity contribution < 1.29 is 19.2 Å². The van der Waals surface area contributed by atoms with Crippen molar-refractivity contribution >= 4 is 24.4 Å². The summed E-state index contributed by atoms with van der Waals surface area (Å²) >= 11 is 0. The van der Waals surface area contributed by atoms with E-state index in [9.17, 15) is 9.82 Å². The highest BCUT2D eigenvalue weighted by Crippen LogP contribution is 2.14. The molecular weight excluding hydrogens is 279 g/mol. The van der Waals surface area contributed by atoms with Crippen LogP contribution in [0.3, 0.4) is 0 Å². The van der Waals surface area contributed by atoms with Gasteiger partial charge in [-0.25, -0.2) is 0 Å². The van der Waals surface area contributed by atoms with E-state index in [1.54, 1.807) is 37.5 Å². The molecule has 22 heavy (non-hydrogen) atoms. The van der Waals surface area contributed by atoms with Crippen LogP contribution in [0.15, 0.2) is 48.5 Å². The Morgan fingerprint density at radius 1 is 1.27 bits per heavy atom. The Labute approximate surface area is 129 Å². The largest absolute Gasteiger partial charge is 0.497 e. The predicted octanol–water partition coefficient (Wildman–Crippen LogP) is 1.81. The van der Waals surface area contributed by atoms with Crippen LogP contribution in [0.4, 0.5) is 0 Å². The maximum Gasteiger partial charge on any atom is 0.491 e. The fourth-order valence-corrected chi connectivity index (χ4v) is 2.36. The Morgan fingerprint density at radius 3 is 2.77 bits per heavy atom. The van der Waals surface area contributed by atoms with Crippen LogP contribution in [-0.2, 0) is 11.3 Å². The second kappa shape index (κ2) is 6.18. The number of fused-ring (bicyclic) bond motifs is 1. The topological polar surface area (TPSA) is 55.8 Å². The van der Waals surface area contributed by atoms with Crippen LogP contribution < -0.4 is 10.2 Å². The average Bonchev–Trinajstić information content (AvgIpc) is 2.93. The first-order valence-corrected chi connectivity index (χ1v) is 6.96. The third kappa shape index (κ3) is 2.96. The minimum atomic E-state index is -0.874. The van der Waals surface area contributed by atoms with E-state index in [2.05, 4.69) is 0 Å². The highest BCUT2D eigenvalue weighted by atomic mass is 16.5. The van der Waals surface area contributed by atoms with Gasteiger partial charge in [-0.1, -0.05) is 24.3 Å². The van der Waals surface area contributed by atoms with E-state index in [4.69, 9.17) is 9.39 Å². The van der Waals surface area contributed by atoms with Crippen molar-refractivity contribution in [2.75, 3.05) is 7.11 Å². The van der Waals surface area contributed by atoms with Gasteiger partial charge in [0.2, 0.25) is 0 Å². The van der Waals surface area contributed by atoms with Crippen LogP contribution in [0.1, 0.15) is 21.5 Å². The number of carbonyl (C=O) groups is 1. The fourth-order valence-electron chi connectivity index (χ4n) is 2.36. The fraction of sp³-hybridized carbons (Fsp3) is 0.118. The summed E-state index contributed by atoms with van der Waals surface area (Å²) < 4.78 is 10.2. The molecule has 0 aliphatic carbocycles. The van der Waals surface area contributed by atoms with E-state index >= 15 is 0 Å². The SMILES string of the molecule is COc1ccc(C(=O)/C=C/c2ccc3c(c2)B(O)OC3)cc1. The van der Waals surface area contributed by atoms with Crippen LogP contribution in [0.5, 0.6) is 5.75 Å². The molecule has 110 valence electrons. The first-order chi connectivity index (χ1) is 10.7. The zero-order chi connectivity index (χ0) is 15.5. The lowest BCUT2D eigenvalue weighted by Crippen LogP contribution is -2.28. The van der Waals surface area contributed by atoms with E-state index in [0.29, 0.717) is 17.9 Å². The van der Waals surface area contributed by atoms with Gasteiger partial charge in [0.15, 0.2) is 5.78 Å². The molecule has 0 aromatic heterocycles. The Hall–Kier alpha value is -2.37. The van der Waals surface area contributed by atoms with Crippen molar-refractivity contribution in [1.29, 1.82) is 0 Å². The zero-order valence-corrected chi connectivity index (χ0v) is 12.2. The lowest BCUT2D eigenvalue weighted by molar-refractivity contribution is 0.104. The second-order valence-electron chi connectivity index (χ2n) is 5.05. The summed E-state index contributed by atoms with van der Waals surface area (Å²) in [5.41, 5.74) is 3.19. The Balaban J connectivity index is 1.76. The molecule has 3 rings (SSSR count). The summed E-state index contributed by atoms with van der Waals surface area (Å²) in [4.78, 5) is 12.1. The molecule has 0 bridgehead atoms. The van der Waals surface area contributed by atoms with Gasteiger partial charge in [0.05, 0.1) is 13.7 Å². The molecule has 2 aromatic carbocycles. The molecule has 1 aliphatic rings. The van der Waals surface area contributed by atoms with Gasteiger partial charge >= 0.3 is 7.12 Å². The third-order valence-corrected chi connectivity index (χ3v) is 3.63. The van der Waals surface area contributed by atoms with Crippen LogP contribution in [0.2, 0.25) is 0 Å². The Morgan fingerprint density at radius 2 is 2.05 bits per heavy atom. The van der Waals surface area contributed by atoms with Gasteiger partial charge in [-0.3, -0.25) is 4.79 Å². The molecule has 0 spiro atoms. The van der Waals surface area contributed by atoms with Crippen LogP contribution in [0, 0.1) is 0 Å². The number of benzene rings is 2. The summed E-state index contributed by atoms with van der Waals surface area (Å²) in [6.07, 6.45) is 3.25.